The molecule has 6 nitrogen and oxygen atoms in total. The molecule has 7 heteroatoms. The zero-order valence-corrected chi connectivity index (χ0v) is 20.3. The van der Waals surface area contributed by atoms with Gasteiger partial charge in [-0.05, 0) is 74.6 Å². The van der Waals surface area contributed by atoms with Crippen LogP contribution in [0, 0.1) is 17.2 Å². The topological polar surface area (TPSA) is 68.9 Å². The molecule has 4 atom stereocenters. The molecule has 174 valence electrons. The smallest absolute Gasteiger partial charge is 0.170 e. The molecule has 4 heterocycles. The lowest BCUT2D eigenvalue weighted by Gasteiger charge is -2.50. The first-order valence-corrected chi connectivity index (χ1v) is 12.8. The molecule has 0 radical (unpaired) electrons. The van der Waals surface area contributed by atoms with Gasteiger partial charge in [-0.25, -0.2) is 0 Å². The van der Waals surface area contributed by atoms with Crippen LogP contribution in [0.1, 0.15) is 73.7 Å². The van der Waals surface area contributed by atoms with Crippen LogP contribution >= 0.6 is 12.2 Å². The minimum absolute atomic E-state index is 0.510. The van der Waals surface area contributed by atoms with Gasteiger partial charge >= 0.3 is 0 Å². The highest BCUT2D eigenvalue weighted by molar-refractivity contribution is 7.80. The molecule has 1 aromatic carbocycles. The van der Waals surface area contributed by atoms with E-state index >= 15 is 0 Å². The second kappa shape index (κ2) is 9.82. The molecule has 33 heavy (non-hydrogen) atoms. The summed E-state index contributed by atoms with van der Waals surface area (Å²) in [6.45, 7) is 3.14. The first-order chi connectivity index (χ1) is 16.1. The van der Waals surface area contributed by atoms with Gasteiger partial charge in [0, 0.05) is 49.4 Å². The summed E-state index contributed by atoms with van der Waals surface area (Å²) in [4.78, 5) is 2.64. The number of benzene rings is 1. The highest BCUT2D eigenvalue weighted by atomic mass is 32.1. The first kappa shape index (κ1) is 22.4. The molecular formula is C26H34N6S. The van der Waals surface area contributed by atoms with Gasteiger partial charge in [0.05, 0.1) is 17.3 Å². The highest BCUT2D eigenvalue weighted by Crippen LogP contribution is 2.42. The fourth-order valence-electron chi connectivity index (χ4n) is 6.19. The third kappa shape index (κ3) is 4.92. The van der Waals surface area contributed by atoms with Crippen molar-refractivity contribution in [2.24, 2.45) is 13.0 Å². The molecule has 3 saturated heterocycles. The second-order valence-electron chi connectivity index (χ2n) is 10.0. The van der Waals surface area contributed by atoms with Crippen LogP contribution in [0.3, 0.4) is 0 Å². The molecule has 0 amide bonds. The molecule has 1 aliphatic carbocycles. The number of aromatic nitrogens is 2. The number of aryl methyl sites for hydroxylation is 1. The molecule has 1 aromatic heterocycles. The van der Waals surface area contributed by atoms with E-state index in [-0.39, 0.29) is 0 Å². The van der Waals surface area contributed by atoms with Crippen LogP contribution in [0.2, 0.25) is 0 Å². The zero-order valence-electron chi connectivity index (χ0n) is 19.5. The SMILES string of the molecule is Cn1nc(C2CCCCC2)cc1[C@@H]1CN2CC[C@H]1C[C@@H]2CNC(=S)Nc1cccc(C#N)c1. The van der Waals surface area contributed by atoms with E-state index in [0.717, 1.165) is 18.8 Å². The maximum absolute atomic E-state index is 9.08. The van der Waals surface area contributed by atoms with E-state index in [0.29, 0.717) is 34.5 Å². The summed E-state index contributed by atoms with van der Waals surface area (Å²) in [5.41, 5.74) is 4.25. The number of nitriles is 1. The minimum atomic E-state index is 0.510. The summed E-state index contributed by atoms with van der Waals surface area (Å²) in [7, 11) is 2.14. The number of piperidine rings is 3. The van der Waals surface area contributed by atoms with Gasteiger partial charge in [-0.2, -0.15) is 10.4 Å². The standard InChI is InChI=1S/C26H34N6S/c1-31-25(14-24(30-31)19-7-3-2-4-8-19)23-17-32-11-10-20(23)13-22(32)16-28-26(33)29-21-9-5-6-18(12-21)15-27/h5-6,9,12,14,19-20,22-23H,2-4,7-8,10-11,13,16-17H2,1H3,(H2,28,29,33)/t20-,22+,23+/m0/s1. The molecule has 4 aliphatic rings. The van der Waals surface area contributed by atoms with Crippen LogP contribution in [-0.4, -0.2) is 45.5 Å². The summed E-state index contributed by atoms with van der Waals surface area (Å²) >= 11 is 5.52. The average molecular weight is 463 g/mol. The van der Waals surface area contributed by atoms with E-state index in [9.17, 15) is 0 Å². The number of anilines is 1. The maximum Gasteiger partial charge on any atom is 0.170 e. The minimum Gasteiger partial charge on any atom is -0.361 e. The zero-order chi connectivity index (χ0) is 22.8. The molecule has 2 bridgehead atoms. The molecule has 1 unspecified atom stereocenters. The molecule has 6 rings (SSSR count). The van der Waals surface area contributed by atoms with Gasteiger partial charge < -0.3 is 10.6 Å². The Bertz CT molecular complexity index is 1030. The third-order valence-corrected chi connectivity index (χ3v) is 8.21. The van der Waals surface area contributed by atoms with Gasteiger partial charge in [0.15, 0.2) is 5.11 Å². The van der Waals surface area contributed by atoms with E-state index in [1.165, 1.54) is 62.9 Å². The normalized spacial score (nSPS) is 27.2. The lowest BCUT2D eigenvalue weighted by Crippen LogP contribution is -2.56. The van der Waals surface area contributed by atoms with Gasteiger partial charge in [0.25, 0.3) is 0 Å². The summed E-state index contributed by atoms with van der Waals surface area (Å²) in [5.74, 6) is 1.97. The number of fused-ring (bicyclic) bond motifs is 3. The number of hydrogen-bond acceptors (Lipinski definition) is 4. The summed E-state index contributed by atoms with van der Waals surface area (Å²) in [5, 5.41) is 21.3. The Labute approximate surface area is 202 Å². The van der Waals surface area contributed by atoms with E-state index in [1.807, 2.05) is 18.2 Å². The van der Waals surface area contributed by atoms with Crippen LogP contribution in [-0.2, 0) is 7.05 Å². The van der Waals surface area contributed by atoms with Gasteiger partial charge in [-0.15, -0.1) is 0 Å². The Morgan fingerprint density at radius 3 is 2.82 bits per heavy atom. The molecule has 2 N–H and O–H groups in total. The number of nitrogens with one attached hydrogen (secondary N) is 2. The molecule has 4 fully saturated rings. The van der Waals surface area contributed by atoms with Crippen LogP contribution in [0.15, 0.2) is 30.3 Å². The largest absolute Gasteiger partial charge is 0.361 e. The summed E-state index contributed by atoms with van der Waals surface area (Å²) < 4.78 is 2.18. The van der Waals surface area contributed by atoms with Crippen LogP contribution in [0.5, 0.6) is 0 Å². The van der Waals surface area contributed by atoms with E-state index in [1.54, 1.807) is 6.07 Å². The van der Waals surface area contributed by atoms with Gasteiger partial charge in [-0.3, -0.25) is 9.58 Å². The van der Waals surface area contributed by atoms with E-state index in [2.05, 4.69) is 39.4 Å². The average Bonchev–Trinajstić information content (AvgIpc) is 3.25. The van der Waals surface area contributed by atoms with Crippen molar-refractivity contribution in [3.63, 3.8) is 0 Å². The Morgan fingerprint density at radius 1 is 1.21 bits per heavy atom. The van der Waals surface area contributed by atoms with Crippen molar-refractivity contribution in [1.29, 1.82) is 5.26 Å². The van der Waals surface area contributed by atoms with Gasteiger partial charge in [0.1, 0.15) is 0 Å². The van der Waals surface area contributed by atoms with Gasteiger partial charge in [-0.1, -0.05) is 25.3 Å². The van der Waals surface area contributed by atoms with Crippen LogP contribution in [0.25, 0.3) is 0 Å². The molecule has 2 aromatic rings. The fourth-order valence-corrected chi connectivity index (χ4v) is 6.39. The lowest BCUT2D eigenvalue weighted by molar-refractivity contribution is 0.0303. The quantitative estimate of drug-likeness (QED) is 0.638. The van der Waals surface area contributed by atoms with Crippen LogP contribution < -0.4 is 10.6 Å². The summed E-state index contributed by atoms with van der Waals surface area (Å²) in [6, 6.07) is 12.5. The van der Waals surface area contributed by atoms with Crippen molar-refractivity contribution in [3.05, 3.63) is 47.3 Å². The Morgan fingerprint density at radius 2 is 2.06 bits per heavy atom. The van der Waals surface area contributed by atoms with Crippen molar-refractivity contribution in [3.8, 4) is 6.07 Å². The number of rotatable bonds is 5. The number of hydrogen-bond donors (Lipinski definition) is 2. The third-order valence-electron chi connectivity index (χ3n) is 7.96. The predicted octanol–water partition coefficient (Wildman–Crippen LogP) is 4.50. The molecule has 0 spiro atoms. The Hall–Kier alpha value is -2.43. The van der Waals surface area contributed by atoms with Crippen molar-refractivity contribution < 1.29 is 0 Å². The molecule has 1 saturated carbocycles. The second-order valence-corrected chi connectivity index (χ2v) is 10.4. The Balaban J connectivity index is 1.17. The fraction of sp³-hybridized carbons (Fsp3) is 0.577. The van der Waals surface area contributed by atoms with Crippen molar-refractivity contribution in [1.82, 2.24) is 20.0 Å². The highest BCUT2D eigenvalue weighted by Gasteiger charge is 2.42. The predicted molar refractivity (Wildman–Crippen MR) is 135 cm³/mol. The molecule has 3 aliphatic heterocycles. The number of thiocarbonyl (C=S) groups is 1. The summed E-state index contributed by atoms with van der Waals surface area (Å²) in [6.07, 6.45) is 9.18. The first-order valence-electron chi connectivity index (χ1n) is 12.4. The van der Waals surface area contributed by atoms with Crippen LogP contribution in [0.4, 0.5) is 5.69 Å². The van der Waals surface area contributed by atoms with Crippen molar-refractivity contribution in [2.45, 2.75) is 62.8 Å². The van der Waals surface area contributed by atoms with Gasteiger partial charge in [0.2, 0.25) is 0 Å². The van der Waals surface area contributed by atoms with Crippen molar-refractivity contribution in [2.75, 3.05) is 25.0 Å². The molecular weight excluding hydrogens is 428 g/mol. The van der Waals surface area contributed by atoms with E-state index in [4.69, 9.17) is 22.6 Å². The van der Waals surface area contributed by atoms with Crippen molar-refractivity contribution >= 4 is 23.0 Å². The van der Waals surface area contributed by atoms with E-state index < -0.39 is 0 Å². The lowest BCUT2D eigenvalue weighted by atomic mass is 9.74. The number of nitrogens with zero attached hydrogens (tertiary/aromatic N) is 4. The maximum atomic E-state index is 9.08. The monoisotopic (exact) mass is 462 g/mol. The Kier molecular flexibility index (Phi) is 6.66.